The number of rotatable bonds is 10. The fourth-order valence-electron chi connectivity index (χ4n) is 3.83. The fourth-order valence-corrected chi connectivity index (χ4v) is 3.83. The highest BCUT2D eigenvalue weighted by atomic mass is 35.5. The van der Waals surface area contributed by atoms with Gasteiger partial charge in [-0.05, 0) is 49.9 Å². The van der Waals surface area contributed by atoms with Gasteiger partial charge in [0.05, 0.1) is 12.9 Å². The van der Waals surface area contributed by atoms with Crippen LogP contribution in [0.2, 0.25) is 0 Å². The van der Waals surface area contributed by atoms with E-state index in [0.717, 1.165) is 42.0 Å². The number of nitrogens with zero attached hydrogens (tertiary/aromatic N) is 3. The van der Waals surface area contributed by atoms with E-state index < -0.39 is 0 Å². The molecule has 1 amide bonds. The van der Waals surface area contributed by atoms with Crippen LogP contribution in [-0.4, -0.2) is 43.7 Å². The molecule has 0 bridgehead atoms. The Morgan fingerprint density at radius 3 is 2.67 bits per heavy atom. The molecule has 1 fully saturated rings. The molecule has 0 radical (unpaired) electrons. The Bertz CT molecular complexity index is 1020. The maximum atomic E-state index is 11.0. The van der Waals surface area contributed by atoms with Crippen molar-refractivity contribution >= 4 is 46.9 Å². The number of nitrogens with one attached hydrogen (secondary N) is 4. The summed E-state index contributed by atoms with van der Waals surface area (Å²) in [7, 11) is 0. The van der Waals surface area contributed by atoms with Crippen LogP contribution in [0.5, 0.6) is 5.75 Å². The molecule has 10 nitrogen and oxygen atoms in total. The Hall–Kier alpha value is -3.11. The summed E-state index contributed by atoms with van der Waals surface area (Å²) in [5.74, 6) is 1.61. The van der Waals surface area contributed by atoms with Gasteiger partial charge in [0.1, 0.15) is 11.3 Å². The van der Waals surface area contributed by atoms with Crippen LogP contribution in [0, 0.1) is 0 Å². The highest BCUT2D eigenvalue weighted by Crippen LogP contribution is 2.26. The number of H-pyrrole nitrogens is 1. The van der Waals surface area contributed by atoms with Gasteiger partial charge in [0.2, 0.25) is 11.9 Å². The molecule has 0 unspecified atom stereocenters. The van der Waals surface area contributed by atoms with Crippen LogP contribution in [0.4, 0.5) is 17.5 Å². The molecule has 2 heterocycles. The van der Waals surface area contributed by atoms with Gasteiger partial charge in [-0.3, -0.25) is 10.0 Å². The topological polar surface area (TPSA) is 137 Å². The van der Waals surface area contributed by atoms with Crippen LogP contribution in [0.15, 0.2) is 30.6 Å². The lowest BCUT2D eigenvalue weighted by atomic mass is 9.95. The van der Waals surface area contributed by atoms with Crippen molar-refractivity contribution in [2.24, 2.45) is 0 Å². The smallest absolute Gasteiger partial charge is 0.243 e. The molecule has 1 aliphatic carbocycles. The number of carbonyl (C=O) groups excluding carboxylic acids is 1. The fraction of sp³-hybridized carbons (Fsp3) is 0.455. The van der Waals surface area contributed by atoms with Crippen molar-refractivity contribution in [2.75, 3.05) is 17.2 Å². The summed E-state index contributed by atoms with van der Waals surface area (Å²) in [6.45, 7) is 0.501. The van der Waals surface area contributed by atoms with Crippen LogP contribution in [-0.2, 0) is 4.79 Å². The van der Waals surface area contributed by atoms with Crippen LogP contribution in [0.3, 0.4) is 0 Å². The SMILES string of the molecule is Cl.O=C(CCCCOc1ccc(Nc2nc(NC3CCCCC3)c3nc[nH]c3n2)cc1)NO. The molecule has 1 aliphatic rings. The van der Waals surface area contributed by atoms with E-state index in [9.17, 15) is 4.79 Å². The number of benzene rings is 1. The highest BCUT2D eigenvalue weighted by Gasteiger charge is 2.17. The van der Waals surface area contributed by atoms with E-state index in [0.29, 0.717) is 30.7 Å². The van der Waals surface area contributed by atoms with E-state index >= 15 is 0 Å². The molecule has 1 saturated carbocycles. The van der Waals surface area contributed by atoms with E-state index in [-0.39, 0.29) is 24.7 Å². The lowest BCUT2D eigenvalue weighted by Gasteiger charge is -2.23. The van der Waals surface area contributed by atoms with Crippen molar-refractivity contribution in [1.29, 1.82) is 0 Å². The van der Waals surface area contributed by atoms with Crippen LogP contribution in [0.25, 0.3) is 11.2 Å². The average Bonchev–Trinajstić information content (AvgIpc) is 3.29. The van der Waals surface area contributed by atoms with Gasteiger partial charge in [0.25, 0.3) is 0 Å². The molecule has 11 heteroatoms. The Balaban J connectivity index is 0.00000306. The van der Waals surface area contributed by atoms with Crippen molar-refractivity contribution in [2.45, 2.75) is 57.4 Å². The van der Waals surface area contributed by atoms with E-state index in [1.165, 1.54) is 19.3 Å². The van der Waals surface area contributed by atoms with Gasteiger partial charge in [0.15, 0.2) is 11.5 Å². The predicted molar refractivity (Wildman–Crippen MR) is 128 cm³/mol. The summed E-state index contributed by atoms with van der Waals surface area (Å²) < 4.78 is 5.70. The first kappa shape index (κ1) is 24.5. The van der Waals surface area contributed by atoms with Gasteiger partial charge < -0.3 is 20.4 Å². The lowest BCUT2D eigenvalue weighted by molar-refractivity contribution is -0.129. The Kier molecular flexibility index (Phi) is 9.08. The third kappa shape index (κ3) is 6.93. The third-order valence-corrected chi connectivity index (χ3v) is 5.53. The minimum atomic E-state index is -0.381. The summed E-state index contributed by atoms with van der Waals surface area (Å²) in [6, 6.07) is 7.98. The Morgan fingerprint density at radius 1 is 1.12 bits per heavy atom. The Morgan fingerprint density at radius 2 is 1.91 bits per heavy atom. The normalized spacial score (nSPS) is 13.8. The first-order chi connectivity index (χ1) is 15.7. The van der Waals surface area contributed by atoms with Crippen molar-refractivity contribution < 1.29 is 14.7 Å². The summed E-state index contributed by atoms with van der Waals surface area (Å²) >= 11 is 0. The molecule has 3 aromatic rings. The molecule has 33 heavy (non-hydrogen) atoms. The monoisotopic (exact) mass is 475 g/mol. The minimum absolute atomic E-state index is 0. The Labute approximate surface area is 198 Å². The number of hydrogen-bond donors (Lipinski definition) is 5. The maximum Gasteiger partial charge on any atom is 0.243 e. The molecule has 4 rings (SSSR count). The number of ether oxygens (including phenoxy) is 1. The largest absolute Gasteiger partial charge is 0.494 e. The first-order valence-electron chi connectivity index (χ1n) is 11.1. The van der Waals surface area contributed by atoms with Crippen molar-refractivity contribution in [1.82, 2.24) is 25.4 Å². The summed E-state index contributed by atoms with van der Waals surface area (Å²) in [4.78, 5) is 27.7. The standard InChI is InChI=1S/C22H29N7O3.ClH/c30-18(29-31)8-4-5-13-32-17-11-9-16(10-12-17)26-22-27-20-19(23-14-24-20)21(28-22)25-15-6-2-1-3-7-15;/h9-12,14-15,31H,1-8,13H2,(H,29,30)(H3,23,24,25,26,27,28);1H. The number of amides is 1. The number of imidazole rings is 1. The van der Waals surface area contributed by atoms with E-state index in [2.05, 4.69) is 30.6 Å². The second kappa shape index (κ2) is 12.2. The quantitative estimate of drug-likeness (QED) is 0.166. The van der Waals surface area contributed by atoms with Gasteiger partial charge in [-0.1, -0.05) is 19.3 Å². The molecule has 0 atom stereocenters. The summed E-state index contributed by atoms with van der Waals surface area (Å²) in [5.41, 5.74) is 3.91. The average molecular weight is 476 g/mol. The van der Waals surface area contributed by atoms with Crippen molar-refractivity contribution in [3.05, 3.63) is 30.6 Å². The van der Waals surface area contributed by atoms with Gasteiger partial charge in [0, 0.05) is 18.2 Å². The predicted octanol–water partition coefficient (Wildman–Crippen LogP) is 4.32. The van der Waals surface area contributed by atoms with Crippen LogP contribution >= 0.6 is 12.4 Å². The number of aromatic amines is 1. The van der Waals surface area contributed by atoms with Crippen molar-refractivity contribution in [3.63, 3.8) is 0 Å². The van der Waals surface area contributed by atoms with Crippen molar-refractivity contribution in [3.8, 4) is 5.75 Å². The van der Waals surface area contributed by atoms with Crippen LogP contribution in [0.1, 0.15) is 51.4 Å². The molecule has 1 aromatic carbocycles. The number of fused-ring (bicyclic) bond motifs is 1. The third-order valence-electron chi connectivity index (χ3n) is 5.53. The van der Waals surface area contributed by atoms with E-state index in [4.69, 9.17) is 9.94 Å². The number of aromatic nitrogens is 4. The molecule has 0 spiro atoms. The first-order valence-corrected chi connectivity index (χ1v) is 11.1. The second-order valence-corrected chi connectivity index (χ2v) is 7.96. The lowest BCUT2D eigenvalue weighted by Crippen LogP contribution is -2.23. The van der Waals surface area contributed by atoms with E-state index in [1.807, 2.05) is 24.3 Å². The zero-order valence-corrected chi connectivity index (χ0v) is 19.2. The highest BCUT2D eigenvalue weighted by molar-refractivity contribution is 5.85. The van der Waals surface area contributed by atoms with Gasteiger partial charge >= 0.3 is 0 Å². The number of anilines is 3. The molecular formula is C22H30ClN7O3. The molecular weight excluding hydrogens is 446 g/mol. The number of hydroxylamine groups is 1. The minimum Gasteiger partial charge on any atom is -0.494 e. The van der Waals surface area contributed by atoms with Gasteiger partial charge in [-0.25, -0.2) is 10.5 Å². The second-order valence-electron chi connectivity index (χ2n) is 7.96. The molecule has 0 aliphatic heterocycles. The molecule has 2 aromatic heterocycles. The number of unbranched alkanes of at least 4 members (excludes halogenated alkanes) is 1. The van der Waals surface area contributed by atoms with Gasteiger partial charge in [-0.2, -0.15) is 9.97 Å². The molecule has 0 saturated heterocycles. The molecule has 5 N–H and O–H groups in total. The number of hydrogen-bond acceptors (Lipinski definition) is 8. The zero-order valence-electron chi connectivity index (χ0n) is 18.3. The number of halogens is 1. The maximum absolute atomic E-state index is 11.0. The summed E-state index contributed by atoms with van der Waals surface area (Å²) in [5, 5.41) is 15.3. The number of carbonyl (C=O) groups is 1. The molecule has 178 valence electrons. The summed E-state index contributed by atoms with van der Waals surface area (Å²) in [6.07, 6.45) is 9.36. The zero-order chi connectivity index (χ0) is 22.2. The van der Waals surface area contributed by atoms with E-state index in [1.54, 1.807) is 11.8 Å². The van der Waals surface area contributed by atoms with Gasteiger partial charge in [-0.15, -0.1) is 12.4 Å². The van der Waals surface area contributed by atoms with Crippen LogP contribution < -0.4 is 20.9 Å².